The lowest BCUT2D eigenvalue weighted by Crippen LogP contribution is -2.52. The highest BCUT2D eigenvalue weighted by molar-refractivity contribution is 5.77. The molecule has 1 aromatic rings. The number of hydrogen-bond donors (Lipinski definition) is 1. The van der Waals surface area contributed by atoms with E-state index in [9.17, 15) is 18.0 Å². The number of piperidine rings is 1. The molecule has 24 heavy (non-hydrogen) atoms. The Labute approximate surface area is 139 Å². The van der Waals surface area contributed by atoms with E-state index in [4.69, 9.17) is 10.5 Å². The molecule has 4 nitrogen and oxygen atoms in total. The van der Waals surface area contributed by atoms with Crippen LogP contribution in [0, 0.1) is 5.92 Å². The number of nitrogens with zero attached hydrogens (tertiary/aromatic N) is 1. The van der Waals surface area contributed by atoms with Crippen LogP contribution in [0.5, 0.6) is 5.75 Å². The molecule has 1 aromatic carbocycles. The van der Waals surface area contributed by atoms with Crippen LogP contribution in [0.15, 0.2) is 24.3 Å². The van der Waals surface area contributed by atoms with Gasteiger partial charge in [0.1, 0.15) is 11.8 Å². The predicted octanol–water partition coefficient (Wildman–Crippen LogP) is 3.10. The molecular weight excluding hydrogens is 321 g/mol. The first kappa shape index (κ1) is 18.6. The number of benzene rings is 1. The third-order valence-corrected chi connectivity index (χ3v) is 4.17. The number of alkyl halides is 3. The zero-order valence-corrected chi connectivity index (χ0v) is 13.8. The van der Waals surface area contributed by atoms with Crippen molar-refractivity contribution >= 4 is 5.91 Å². The van der Waals surface area contributed by atoms with E-state index in [1.54, 1.807) is 24.3 Å². The van der Waals surface area contributed by atoms with Crippen molar-refractivity contribution in [2.45, 2.75) is 51.6 Å². The third kappa shape index (κ3) is 4.63. The zero-order valence-electron chi connectivity index (χ0n) is 13.8. The van der Waals surface area contributed by atoms with Crippen LogP contribution in [0.2, 0.25) is 0 Å². The number of rotatable bonds is 5. The van der Waals surface area contributed by atoms with Gasteiger partial charge < -0.3 is 10.5 Å². The molecule has 1 saturated heterocycles. The Hall–Kier alpha value is -1.76. The van der Waals surface area contributed by atoms with Gasteiger partial charge in [-0.3, -0.25) is 9.69 Å². The normalized spacial score (nSPS) is 22.6. The summed E-state index contributed by atoms with van der Waals surface area (Å²) in [7, 11) is 0. The number of ether oxygens (including phenoxy) is 1. The van der Waals surface area contributed by atoms with Gasteiger partial charge in [0.15, 0.2) is 0 Å². The maximum Gasteiger partial charge on any atom is 0.404 e. The topological polar surface area (TPSA) is 55.6 Å². The van der Waals surface area contributed by atoms with Crippen molar-refractivity contribution in [1.82, 2.24) is 4.90 Å². The average molecular weight is 344 g/mol. The Kier molecular flexibility index (Phi) is 5.74. The number of likely N-dealkylation sites (tertiary alicyclic amines) is 1. The van der Waals surface area contributed by atoms with Gasteiger partial charge in [-0.05, 0) is 32.8 Å². The molecule has 1 aliphatic heterocycles. The lowest BCUT2D eigenvalue weighted by Gasteiger charge is -2.39. The van der Waals surface area contributed by atoms with Gasteiger partial charge in [-0.15, -0.1) is 0 Å². The van der Waals surface area contributed by atoms with Crippen LogP contribution in [0.3, 0.4) is 0 Å². The summed E-state index contributed by atoms with van der Waals surface area (Å²) in [6.45, 7) is 3.80. The smallest absolute Gasteiger partial charge is 0.404 e. The minimum atomic E-state index is -4.34. The number of halogens is 3. The molecule has 2 N–H and O–H groups in total. The number of amides is 1. The second-order valence-electron chi connectivity index (χ2n) is 6.44. The maximum absolute atomic E-state index is 13.3. The SMILES string of the molecule is CC(C)Oc1ccccc1CN1C[C@@H](C(N)=O)CC[C@H]1C(F)(F)F. The molecular formula is C17H23F3N2O2. The number of carbonyl (C=O) groups excluding carboxylic acids is 1. The zero-order chi connectivity index (χ0) is 17.9. The molecule has 0 radical (unpaired) electrons. The number of hydrogen-bond acceptors (Lipinski definition) is 3. The molecule has 0 unspecified atom stereocenters. The molecule has 0 bridgehead atoms. The molecule has 1 aliphatic rings. The molecule has 7 heteroatoms. The van der Waals surface area contributed by atoms with Crippen LogP contribution in [0.1, 0.15) is 32.3 Å². The molecule has 0 spiro atoms. The fraction of sp³-hybridized carbons (Fsp3) is 0.588. The largest absolute Gasteiger partial charge is 0.491 e. The van der Waals surface area contributed by atoms with Crippen molar-refractivity contribution in [2.75, 3.05) is 6.54 Å². The first-order valence-corrected chi connectivity index (χ1v) is 8.03. The Morgan fingerprint density at radius 2 is 2.00 bits per heavy atom. The van der Waals surface area contributed by atoms with Gasteiger partial charge in [0.05, 0.1) is 12.0 Å². The minimum Gasteiger partial charge on any atom is -0.491 e. The Bertz CT molecular complexity index is 575. The second-order valence-corrected chi connectivity index (χ2v) is 6.44. The van der Waals surface area contributed by atoms with Crippen molar-refractivity contribution < 1.29 is 22.7 Å². The van der Waals surface area contributed by atoms with Gasteiger partial charge in [0.2, 0.25) is 5.91 Å². The highest BCUT2D eigenvalue weighted by Crippen LogP contribution is 2.35. The molecule has 2 atom stereocenters. The summed E-state index contributed by atoms with van der Waals surface area (Å²) in [5, 5.41) is 0. The van der Waals surface area contributed by atoms with Crippen molar-refractivity contribution in [3.8, 4) is 5.75 Å². The average Bonchev–Trinajstić information content (AvgIpc) is 2.47. The lowest BCUT2D eigenvalue weighted by atomic mass is 9.91. The van der Waals surface area contributed by atoms with E-state index in [0.29, 0.717) is 11.3 Å². The van der Waals surface area contributed by atoms with Crippen LogP contribution >= 0.6 is 0 Å². The Morgan fingerprint density at radius 1 is 1.33 bits per heavy atom. The number of primary amides is 1. The molecule has 134 valence electrons. The summed E-state index contributed by atoms with van der Waals surface area (Å²) < 4.78 is 45.7. The van der Waals surface area contributed by atoms with E-state index in [2.05, 4.69) is 0 Å². The fourth-order valence-corrected chi connectivity index (χ4v) is 3.04. The first-order valence-electron chi connectivity index (χ1n) is 8.03. The van der Waals surface area contributed by atoms with Gasteiger partial charge in [-0.25, -0.2) is 0 Å². The van der Waals surface area contributed by atoms with Gasteiger partial charge in [-0.1, -0.05) is 18.2 Å². The van der Waals surface area contributed by atoms with E-state index < -0.39 is 24.0 Å². The monoisotopic (exact) mass is 344 g/mol. The summed E-state index contributed by atoms with van der Waals surface area (Å²) in [5.74, 6) is -0.538. The molecule has 1 fully saturated rings. The summed E-state index contributed by atoms with van der Waals surface area (Å²) >= 11 is 0. The number of nitrogens with two attached hydrogens (primary N) is 1. The van der Waals surface area contributed by atoms with E-state index in [-0.39, 0.29) is 32.0 Å². The van der Waals surface area contributed by atoms with E-state index in [0.717, 1.165) is 0 Å². The van der Waals surface area contributed by atoms with E-state index in [1.807, 2.05) is 13.8 Å². The number of carbonyl (C=O) groups is 1. The van der Waals surface area contributed by atoms with Gasteiger partial charge in [0, 0.05) is 18.7 Å². The minimum absolute atomic E-state index is 0.00945. The number of para-hydroxylation sites is 1. The van der Waals surface area contributed by atoms with Gasteiger partial charge in [-0.2, -0.15) is 13.2 Å². The molecule has 0 saturated carbocycles. The quantitative estimate of drug-likeness (QED) is 0.893. The lowest BCUT2D eigenvalue weighted by molar-refractivity contribution is -0.197. The molecule has 2 rings (SSSR count). The standard InChI is InChI=1S/C17H23F3N2O2/c1-11(2)24-14-6-4-3-5-12(14)9-22-10-13(16(21)23)7-8-15(22)17(18,19)20/h3-6,11,13,15H,7-10H2,1-2H3,(H2,21,23)/t13-,15-/m0/s1. The van der Waals surface area contributed by atoms with Crippen LogP contribution in [0.4, 0.5) is 13.2 Å². The molecule has 1 amide bonds. The van der Waals surface area contributed by atoms with Crippen molar-refractivity contribution in [3.05, 3.63) is 29.8 Å². The van der Waals surface area contributed by atoms with Crippen LogP contribution in [0.25, 0.3) is 0 Å². The summed E-state index contributed by atoms with van der Waals surface area (Å²) in [4.78, 5) is 12.7. The fourth-order valence-electron chi connectivity index (χ4n) is 3.04. The Balaban J connectivity index is 2.24. The molecule has 0 aliphatic carbocycles. The van der Waals surface area contributed by atoms with Crippen LogP contribution < -0.4 is 10.5 Å². The Morgan fingerprint density at radius 3 is 2.58 bits per heavy atom. The second kappa shape index (κ2) is 7.42. The van der Waals surface area contributed by atoms with Gasteiger partial charge >= 0.3 is 6.18 Å². The first-order chi connectivity index (χ1) is 11.2. The van der Waals surface area contributed by atoms with Crippen molar-refractivity contribution in [3.63, 3.8) is 0 Å². The van der Waals surface area contributed by atoms with Crippen LogP contribution in [-0.2, 0) is 11.3 Å². The third-order valence-electron chi connectivity index (χ3n) is 4.17. The van der Waals surface area contributed by atoms with E-state index in [1.165, 1.54) is 4.90 Å². The van der Waals surface area contributed by atoms with Crippen LogP contribution in [-0.4, -0.2) is 35.7 Å². The predicted molar refractivity (Wildman–Crippen MR) is 84.4 cm³/mol. The summed E-state index contributed by atoms with van der Waals surface area (Å²) in [6, 6.07) is 5.47. The van der Waals surface area contributed by atoms with Crippen molar-refractivity contribution in [1.29, 1.82) is 0 Å². The summed E-state index contributed by atoms with van der Waals surface area (Å²) in [5.41, 5.74) is 5.97. The highest BCUT2D eigenvalue weighted by atomic mass is 19.4. The van der Waals surface area contributed by atoms with Gasteiger partial charge in [0.25, 0.3) is 0 Å². The van der Waals surface area contributed by atoms with Crippen molar-refractivity contribution in [2.24, 2.45) is 11.7 Å². The maximum atomic E-state index is 13.3. The highest BCUT2D eigenvalue weighted by Gasteiger charge is 2.47. The molecule has 0 aromatic heterocycles. The molecule has 1 heterocycles. The van der Waals surface area contributed by atoms with E-state index >= 15 is 0 Å². The summed E-state index contributed by atoms with van der Waals surface area (Å²) in [6.07, 6.45) is -4.37.